The summed E-state index contributed by atoms with van der Waals surface area (Å²) in [6.07, 6.45) is 1.61. The molecule has 0 saturated heterocycles. The zero-order valence-electron chi connectivity index (χ0n) is 6.01. The standard InChI is InChI=1S/C7H5N3O2.K.H/c11-7(12)6-9-8-5-3-1-2-4-10(5)6;;/h1-4H,(H,11,12);;. The molecule has 6 heteroatoms. The first-order valence-electron chi connectivity index (χ1n) is 3.32. The maximum atomic E-state index is 10.6. The van der Waals surface area contributed by atoms with Gasteiger partial charge < -0.3 is 5.11 Å². The van der Waals surface area contributed by atoms with Crippen LogP contribution in [0.4, 0.5) is 0 Å². The summed E-state index contributed by atoms with van der Waals surface area (Å²) in [6.45, 7) is 0. The molecule has 0 atom stereocenters. The number of carboxylic acids is 1. The Kier molecular flexibility index (Phi) is 3.57. The van der Waals surface area contributed by atoms with E-state index in [-0.39, 0.29) is 57.2 Å². The number of fused-ring (bicyclic) bond motifs is 1. The van der Waals surface area contributed by atoms with Crippen molar-refractivity contribution in [1.82, 2.24) is 14.6 Å². The van der Waals surface area contributed by atoms with Crippen LogP contribution in [0.5, 0.6) is 0 Å². The second kappa shape index (κ2) is 4.29. The van der Waals surface area contributed by atoms with E-state index in [0.29, 0.717) is 5.65 Å². The van der Waals surface area contributed by atoms with Crippen LogP contribution in [-0.4, -0.2) is 77.1 Å². The van der Waals surface area contributed by atoms with Gasteiger partial charge in [0.05, 0.1) is 0 Å². The molecule has 0 aromatic carbocycles. The first-order chi connectivity index (χ1) is 5.79. The summed E-state index contributed by atoms with van der Waals surface area (Å²) in [5.74, 6) is -1.14. The van der Waals surface area contributed by atoms with E-state index in [2.05, 4.69) is 10.2 Å². The molecule has 62 valence electrons. The Morgan fingerprint density at radius 3 is 2.85 bits per heavy atom. The molecule has 0 saturated carbocycles. The SMILES string of the molecule is O=C(O)c1nnc2ccccn12.[KH]. The second-order valence-corrected chi connectivity index (χ2v) is 2.26. The number of aromatic carboxylic acids is 1. The molecule has 0 unspecified atom stereocenters. The average molecular weight is 203 g/mol. The number of carbonyl (C=O) groups is 1. The molecule has 5 nitrogen and oxygen atoms in total. The van der Waals surface area contributed by atoms with E-state index >= 15 is 0 Å². The van der Waals surface area contributed by atoms with Crippen molar-refractivity contribution in [3.63, 3.8) is 0 Å². The first-order valence-corrected chi connectivity index (χ1v) is 3.32. The van der Waals surface area contributed by atoms with E-state index in [1.54, 1.807) is 24.4 Å². The molecular weight excluding hydrogens is 197 g/mol. The number of carboxylic acid groups (broad SMARTS) is 1. The Morgan fingerprint density at radius 1 is 1.38 bits per heavy atom. The van der Waals surface area contributed by atoms with E-state index in [9.17, 15) is 4.79 Å². The molecule has 2 rings (SSSR count). The van der Waals surface area contributed by atoms with E-state index in [0.717, 1.165) is 0 Å². The molecule has 2 aromatic heterocycles. The van der Waals surface area contributed by atoms with Crippen molar-refractivity contribution in [2.75, 3.05) is 0 Å². The van der Waals surface area contributed by atoms with Gasteiger partial charge in [-0.05, 0) is 12.1 Å². The summed E-state index contributed by atoms with van der Waals surface area (Å²) in [6, 6.07) is 5.19. The van der Waals surface area contributed by atoms with Gasteiger partial charge in [-0.15, -0.1) is 10.2 Å². The number of rotatable bonds is 1. The molecule has 0 fully saturated rings. The first kappa shape index (κ1) is 10.8. The predicted octanol–water partition coefficient (Wildman–Crippen LogP) is -0.221. The normalized spacial score (nSPS) is 9.54. The van der Waals surface area contributed by atoms with Gasteiger partial charge in [-0.3, -0.25) is 4.40 Å². The van der Waals surface area contributed by atoms with Gasteiger partial charge >= 0.3 is 57.4 Å². The van der Waals surface area contributed by atoms with Crippen molar-refractivity contribution in [2.45, 2.75) is 0 Å². The van der Waals surface area contributed by atoms with Gasteiger partial charge in [0.15, 0.2) is 5.65 Å². The molecule has 2 heterocycles. The van der Waals surface area contributed by atoms with E-state index in [4.69, 9.17) is 5.11 Å². The fourth-order valence-electron chi connectivity index (χ4n) is 0.987. The van der Waals surface area contributed by atoms with Gasteiger partial charge in [0.1, 0.15) is 0 Å². The minimum atomic E-state index is -1.08. The molecule has 0 aliphatic rings. The topological polar surface area (TPSA) is 67.5 Å². The summed E-state index contributed by atoms with van der Waals surface area (Å²) >= 11 is 0. The molecule has 2 aromatic rings. The van der Waals surface area contributed by atoms with Crippen molar-refractivity contribution in [3.8, 4) is 0 Å². The Morgan fingerprint density at radius 2 is 2.15 bits per heavy atom. The summed E-state index contributed by atoms with van der Waals surface area (Å²) < 4.78 is 1.42. The van der Waals surface area contributed by atoms with Crippen LogP contribution in [0.15, 0.2) is 24.4 Å². The fourth-order valence-corrected chi connectivity index (χ4v) is 0.987. The van der Waals surface area contributed by atoms with Crippen molar-refractivity contribution in [2.24, 2.45) is 0 Å². The fraction of sp³-hybridized carbons (Fsp3) is 0. The van der Waals surface area contributed by atoms with Gasteiger partial charge in [-0.2, -0.15) is 0 Å². The third-order valence-electron chi connectivity index (χ3n) is 1.51. The molecule has 0 bridgehead atoms. The quantitative estimate of drug-likeness (QED) is 0.651. The van der Waals surface area contributed by atoms with Crippen LogP contribution in [0.3, 0.4) is 0 Å². The van der Waals surface area contributed by atoms with Crippen molar-refractivity contribution in [1.29, 1.82) is 0 Å². The molecule has 0 spiro atoms. The molecular formula is C7H6KN3O2. The molecule has 13 heavy (non-hydrogen) atoms. The number of nitrogens with zero attached hydrogens (tertiary/aromatic N) is 3. The summed E-state index contributed by atoms with van der Waals surface area (Å²) in [5.41, 5.74) is 0.537. The van der Waals surface area contributed by atoms with Gasteiger partial charge in [-0.25, -0.2) is 4.79 Å². The molecule has 0 radical (unpaired) electrons. The van der Waals surface area contributed by atoms with Crippen LogP contribution in [0.2, 0.25) is 0 Å². The van der Waals surface area contributed by atoms with Crippen molar-refractivity contribution < 1.29 is 9.90 Å². The number of pyridine rings is 1. The average Bonchev–Trinajstić information content (AvgIpc) is 2.47. The number of hydrogen-bond donors (Lipinski definition) is 1. The van der Waals surface area contributed by atoms with Gasteiger partial charge in [0.2, 0.25) is 5.82 Å². The number of hydrogen-bond acceptors (Lipinski definition) is 3. The van der Waals surface area contributed by atoms with E-state index in [1.807, 2.05) is 0 Å². The van der Waals surface area contributed by atoms with Crippen LogP contribution < -0.4 is 0 Å². The van der Waals surface area contributed by atoms with Crippen LogP contribution in [0.1, 0.15) is 10.6 Å². The van der Waals surface area contributed by atoms with Gasteiger partial charge in [-0.1, -0.05) is 6.07 Å². The monoisotopic (exact) mass is 203 g/mol. The number of aromatic nitrogens is 3. The summed E-state index contributed by atoms with van der Waals surface area (Å²) in [5, 5.41) is 15.8. The zero-order chi connectivity index (χ0) is 8.55. The Labute approximate surface area is 116 Å². The van der Waals surface area contributed by atoms with Gasteiger partial charge in [0.25, 0.3) is 0 Å². The zero-order valence-corrected chi connectivity index (χ0v) is 6.01. The van der Waals surface area contributed by atoms with E-state index in [1.165, 1.54) is 4.40 Å². The Hall–Kier alpha value is -0.274. The molecule has 0 amide bonds. The predicted molar refractivity (Wildman–Crippen MR) is 47.1 cm³/mol. The molecule has 0 aliphatic carbocycles. The van der Waals surface area contributed by atoms with E-state index < -0.39 is 5.97 Å². The molecule has 1 N–H and O–H groups in total. The Balaban J connectivity index is 0.000000845. The maximum absolute atomic E-state index is 10.6. The third-order valence-corrected chi connectivity index (χ3v) is 1.51. The minimum absolute atomic E-state index is 0. The van der Waals surface area contributed by atoms with Crippen molar-refractivity contribution >= 4 is 63.0 Å². The van der Waals surface area contributed by atoms with Crippen LogP contribution in [0.25, 0.3) is 5.65 Å². The molecule has 0 aliphatic heterocycles. The van der Waals surface area contributed by atoms with Crippen LogP contribution >= 0.6 is 0 Å². The third kappa shape index (κ3) is 1.97. The van der Waals surface area contributed by atoms with Crippen LogP contribution in [0, 0.1) is 0 Å². The summed E-state index contributed by atoms with van der Waals surface area (Å²) in [7, 11) is 0. The second-order valence-electron chi connectivity index (χ2n) is 2.26. The van der Waals surface area contributed by atoms with Gasteiger partial charge in [0, 0.05) is 6.20 Å². The van der Waals surface area contributed by atoms with Crippen molar-refractivity contribution in [3.05, 3.63) is 30.2 Å². The Bertz CT molecular complexity index is 440. The van der Waals surface area contributed by atoms with Crippen LogP contribution in [-0.2, 0) is 0 Å². The summed E-state index contributed by atoms with van der Waals surface area (Å²) in [4.78, 5) is 10.6.